The molecule has 5 heteroatoms. The molecule has 3 N–H and O–H groups in total. The van der Waals surface area contributed by atoms with Gasteiger partial charge in [0.2, 0.25) is 0 Å². The number of nitrogen functional groups attached to an aromatic ring is 1. The first-order valence-corrected chi connectivity index (χ1v) is 7.22. The molecule has 2 aromatic rings. The van der Waals surface area contributed by atoms with Gasteiger partial charge in [0.1, 0.15) is 5.82 Å². The van der Waals surface area contributed by atoms with E-state index in [4.69, 9.17) is 10.8 Å². The van der Waals surface area contributed by atoms with E-state index in [1.54, 1.807) is 12.1 Å². The molecule has 0 heterocycles. The zero-order valence-corrected chi connectivity index (χ0v) is 11.9. The molecule has 0 fully saturated rings. The second-order valence-electron chi connectivity index (χ2n) is 4.33. The third-order valence-electron chi connectivity index (χ3n) is 2.81. The standard InChI is InChI=1S/C16H14FNO2S/c17-16-12(6-9-15(19)20)13(18)7-8-14(16)21-10-11-4-2-1-3-5-11/h1-9H,10,18H2,(H,19,20). The normalized spacial score (nSPS) is 10.9. The maximum absolute atomic E-state index is 14.3. The largest absolute Gasteiger partial charge is 0.478 e. The van der Waals surface area contributed by atoms with Crippen molar-refractivity contribution in [2.45, 2.75) is 10.6 Å². The van der Waals surface area contributed by atoms with Gasteiger partial charge in [0, 0.05) is 28.0 Å². The van der Waals surface area contributed by atoms with E-state index in [0.717, 1.165) is 11.6 Å². The minimum atomic E-state index is -1.14. The maximum Gasteiger partial charge on any atom is 0.328 e. The lowest BCUT2D eigenvalue weighted by molar-refractivity contribution is -0.131. The van der Waals surface area contributed by atoms with E-state index in [-0.39, 0.29) is 11.3 Å². The van der Waals surface area contributed by atoms with Crippen LogP contribution in [0.2, 0.25) is 0 Å². The van der Waals surface area contributed by atoms with Crippen molar-refractivity contribution >= 4 is 29.5 Å². The summed E-state index contributed by atoms with van der Waals surface area (Å²) in [4.78, 5) is 11.0. The van der Waals surface area contributed by atoms with Gasteiger partial charge in [-0.05, 0) is 23.8 Å². The second-order valence-corrected chi connectivity index (χ2v) is 5.34. The van der Waals surface area contributed by atoms with Crippen molar-refractivity contribution in [3.63, 3.8) is 0 Å². The zero-order valence-electron chi connectivity index (χ0n) is 11.1. The highest BCUT2D eigenvalue weighted by Crippen LogP contribution is 2.30. The van der Waals surface area contributed by atoms with Gasteiger partial charge in [0.25, 0.3) is 0 Å². The molecule has 0 radical (unpaired) electrons. The fourth-order valence-corrected chi connectivity index (χ4v) is 2.67. The third kappa shape index (κ3) is 4.10. The zero-order chi connectivity index (χ0) is 15.2. The quantitative estimate of drug-likeness (QED) is 0.501. The lowest BCUT2D eigenvalue weighted by Crippen LogP contribution is -1.96. The van der Waals surface area contributed by atoms with E-state index in [1.165, 1.54) is 17.8 Å². The molecule has 0 atom stereocenters. The van der Waals surface area contributed by atoms with Crippen LogP contribution in [0.25, 0.3) is 6.08 Å². The summed E-state index contributed by atoms with van der Waals surface area (Å²) in [5.41, 5.74) is 7.10. The summed E-state index contributed by atoms with van der Waals surface area (Å²) in [6.45, 7) is 0. The van der Waals surface area contributed by atoms with Crippen LogP contribution < -0.4 is 5.73 Å². The molecule has 0 spiro atoms. The highest BCUT2D eigenvalue weighted by atomic mass is 32.2. The number of hydrogen-bond acceptors (Lipinski definition) is 3. The van der Waals surface area contributed by atoms with Crippen molar-refractivity contribution in [3.05, 3.63) is 65.5 Å². The van der Waals surface area contributed by atoms with Crippen molar-refractivity contribution in [1.29, 1.82) is 0 Å². The average Bonchev–Trinajstić information content (AvgIpc) is 2.47. The topological polar surface area (TPSA) is 63.3 Å². The van der Waals surface area contributed by atoms with Crippen LogP contribution in [-0.4, -0.2) is 11.1 Å². The first kappa shape index (κ1) is 15.1. The number of hydrogen-bond donors (Lipinski definition) is 2. The monoisotopic (exact) mass is 303 g/mol. The SMILES string of the molecule is Nc1ccc(SCc2ccccc2)c(F)c1C=CC(=O)O. The van der Waals surface area contributed by atoms with Crippen molar-refractivity contribution in [3.8, 4) is 0 Å². The molecule has 21 heavy (non-hydrogen) atoms. The number of carboxylic acids is 1. The van der Waals surface area contributed by atoms with Crippen LogP contribution in [-0.2, 0) is 10.5 Å². The Morgan fingerprint density at radius 2 is 1.95 bits per heavy atom. The minimum Gasteiger partial charge on any atom is -0.478 e. The Kier molecular flexibility index (Phi) is 5.00. The van der Waals surface area contributed by atoms with Crippen molar-refractivity contribution in [2.75, 3.05) is 5.73 Å². The van der Waals surface area contributed by atoms with E-state index in [9.17, 15) is 9.18 Å². The predicted molar refractivity (Wildman–Crippen MR) is 83.5 cm³/mol. The van der Waals surface area contributed by atoms with Gasteiger partial charge < -0.3 is 10.8 Å². The predicted octanol–water partition coefficient (Wildman–Crippen LogP) is 3.80. The first-order valence-electron chi connectivity index (χ1n) is 6.23. The molecule has 0 aliphatic carbocycles. The summed E-state index contributed by atoms with van der Waals surface area (Å²) in [5, 5.41) is 8.62. The number of carboxylic acid groups (broad SMARTS) is 1. The number of aliphatic carboxylic acids is 1. The summed E-state index contributed by atoms with van der Waals surface area (Å²) in [6.07, 6.45) is 2.06. The Hall–Kier alpha value is -2.27. The fourth-order valence-electron chi connectivity index (χ4n) is 1.76. The first-order chi connectivity index (χ1) is 10.1. The van der Waals surface area contributed by atoms with E-state index in [2.05, 4.69) is 0 Å². The molecule has 0 saturated heterocycles. The van der Waals surface area contributed by atoms with Gasteiger partial charge in [0.15, 0.2) is 0 Å². The Morgan fingerprint density at radius 3 is 2.62 bits per heavy atom. The molecule has 0 aliphatic rings. The lowest BCUT2D eigenvalue weighted by Gasteiger charge is -2.08. The van der Waals surface area contributed by atoms with Crippen LogP contribution in [0.3, 0.4) is 0 Å². The summed E-state index contributed by atoms with van der Waals surface area (Å²) in [7, 11) is 0. The Labute approximate surface area is 126 Å². The number of thioether (sulfide) groups is 1. The van der Waals surface area contributed by atoms with E-state index < -0.39 is 11.8 Å². The highest BCUT2D eigenvalue weighted by Gasteiger charge is 2.10. The molecule has 0 bridgehead atoms. The van der Waals surface area contributed by atoms with Crippen molar-refractivity contribution in [2.24, 2.45) is 0 Å². The van der Waals surface area contributed by atoms with Gasteiger partial charge in [-0.3, -0.25) is 0 Å². The number of halogens is 1. The summed E-state index contributed by atoms with van der Waals surface area (Å²) in [6, 6.07) is 12.9. The maximum atomic E-state index is 14.3. The molecule has 0 unspecified atom stereocenters. The molecule has 0 aliphatic heterocycles. The van der Waals surface area contributed by atoms with Gasteiger partial charge in [0.05, 0.1) is 0 Å². The Morgan fingerprint density at radius 1 is 1.24 bits per heavy atom. The van der Waals surface area contributed by atoms with Crippen LogP contribution in [0.15, 0.2) is 53.4 Å². The highest BCUT2D eigenvalue weighted by molar-refractivity contribution is 7.98. The molecule has 2 rings (SSSR count). The van der Waals surface area contributed by atoms with Crippen molar-refractivity contribution < 1.29 is 14.3 Å². The van der Waals surface area contributed by atoms with Crippen LogP contribution >= 0.6 is 11.8 Å². The molecule has 0 aromatic heterocycles. The molecule has 3 nitrogen and oxygen atoms in total. The molecule has 108 valence electrons. The van der Waals surface area contributed by atoms with Crippen LogP contribution in [0.4, 0.5) is 10.1 Å². The van der Waals surface area contributed by atoms with Gasteiger partial charge >= 0.3 is 5.97 Å². The van der Waals surface area contributed by atoms with Crippen molar-refractivity contribution in [1.82, 2.24) is 0 Å². The molecule has 0 saturated carbocycles. The number of benzene rings is 2. The Balaban J connectivity index is 2.21. The van der Waals surface area contributed by atoms with Crippen LogP contribution in [0.1, 0.15) is 11.1 Å². The lowest BCUT2D eigenvalue weighted by atomic mass is 10.1. The number of nitrogens with two attached hydrogens (primary N) is 1. The van der Waals surface area contributed by atoms with E-state index in [1.807, 2.05) is 30.3 Å². The van der Waals surface area contributed by atoms with Gasteiger partial charge in [-0.1, -0.05) is 30.3 Å². The average molecular weight is 303 g/mol. The summed E-state index contributed by atoms with van der Waals surface area (Å²) >= 11 is 1.35. The van der Waals surface area contributed by atoms with Gasteiger partial charge in [-0.25, -0.2) is 9.18 Å². The van der Waals surface area contributed by atoms with Crippen LogP contribution in [0, 0.1) is 5.82 Å². The fraction of sp³-hybridized carbons (Fsp3) is 0.0625. The van der Waals surface area contributed by atoms with E-state index >= 15 is 0 Å². The summed E-state index contributed by atoms with van der Waals surface area (Å²) in [5.74, 6) is -1.01. The number of carbonyl (C=O) groups is 1. The minimum absolute atomic E-state index is 0.107. The Bertz CT molecular complexity index is 671. The summed E-state index contributed by atoms with van der Waals surface area (Å²) < 4.78 is 14.3. The third-order valence-corrected chi connectivity index (χ3v) is 3.91. The number of rotatable bonds is 5. The second kappa shape index (κ2) is 6.95. The van der Waals surface area contributed by atoms with Crippen LogP contribution in [0.5, 0.6) is 0 Å². The molecular formula is C16H14FNO2S. The van der Waals surface area contributed by atoms with Gasteiger partial charge in [-0.2, -0.15) is 0 Å². The van der Waals surface area contributed by atoms with Gasteiger partial charge in [-0.15, -0.1) is 11.8 Å². The molecular weight excluding hydrogens is 289 g/mol. The van der Waals surface area contributed by atoms with E-state index in [0.29, 0.717) is 10.6 Å². The molecule has 2 aromatic carbocycles. The smallest absolute Gasteiger partial charge is 0.328 e. The number of anilines is 1. The molecule has 0 amide bonds.